The molecule has 3 aromatic rings. The number of hydrogen-bond donors (Lipinski definition) is 0. The van der Waals surface area contributed by atoms with Gasteiger partial charge in [0, 0.05) is 28.3 Å². The molecular formula is C26H23ClO6. The van der Waals surface area contributed by atoms with Crippen LogP contribution in [0.25, 0.3) is 6.08 Å². The number of benzene rings is 3. The van der Waals surface area contributed by atoms with E-state index in [0.29, 0.717) is 51.5 Å². The molecule has 0 spiro atoms. The highest BCUT2D eigenvalue weighted by Crippen LogP contribution is 2.40. The van der Waals surface area contributed by atoms with Crippen LogP contribution in [0.1, 0.15) is 27.0 Å². The summed E-state index contributed by atoms with van der Waals surface area (Å²) in [6, 6.07) is 14.4. The van der Waals surface area contributed by atoms with Crippen LogP contribution in [-0.4, -0.2) is 27.1 Å². The van der Waals surface area contributed by atoms with E-state index in [1.54, 1.807) is 45.6 Å². The molecule has 0 aromatic heterocycles. The molecule has 3 aromatic carbocycles. The molecule has 1 aliphatic rings. The number of ether oxygens (including phenoxy) is 5. The fourth-order valence-electron chi connectivity index (χ4n) is 3.64. The van der Waals surface area contributed by atoms with Crippen molar-refractivity contribution in [2.75, 3.05) is 21.3 Å². The van der Waals surface area contributed by atoms with Crippen LogP contribution in [0.3, 0.4) is 0 Å². The summed E-state index contributed by atoms with van der Waals surface area (Å²) in [5, 5.41) is 0.635. The maximum absolute atomic E-state index is 13.1. The highest BCUT2D eigenvalue weighted by Gasteiger charge is 2.30. The van der Waals surface area contributed by atoms with Crippen molar-refractivity contribution in [3.63, 3.8) is 0 Å². The lowest BCUT2D eigenvalue weighted by Gasteiger charge is -2.12. The molecule has 0 aliphatic carbocycles. The lowest BCUT2D eigenvalue weighted by molar-refractivity contribution is 0.101. The summed E-state index contributed by atoms with van der Waals surface area (Å²) in [5.41, 5.74) is 2.76. The maximum Gasteiger partial charge on any atom is 0.232 e. The standard InChI is InChI=1S/C26H23ClO6/c1-15-9-18(32-14-16-7-5-6-8-19(16)27)12-23-25(15)26(28)24(33-23)11-17-10-21(30-3)22(31-4)13-20(17)29-2/h5-13H,14H2,1-4H3/b24-11-. The van der Waals surface area contributed by atoms with Crippen LogP contribution in [0.5, 0.6) is 28.7 Å². The predicted octanol–water partition coefficient (Wildman–Crippen LogP) is 5.87. The number of fused-ring (bicyclic) bond motifs is 1. The van der Waals surface area contributed by atoms with Crippen molar-refractivity contribution in [2.45, 2.75) is 13.5 Å². The van der Waals surface area contributed by atoms with Gasteiger partial charge in [0.2, 0.25) is 5.78 Å². The number of rotatable bonds is 7. The van der Waals surface area contributed by atoms with E-state index in [9.17, 15) is 4.79 Å². The molecule has 0 bridgehead atoms. The SMILES string of the molecule is COc1cc(OC)c(OC)cc1/C=C1\Oc2cc(OCc3ccccc3Cl)cc(C)c2C1=O. The molecule has 0 saturated heterocycles. The van der Waals surface area contributed by atoms with Crippen molar-refractivity contribution < 1.29 is 28.5 Å². The average molecular weight is 467 g/mol. The molecular weight excluding hydrogens is 444 g/mol. The molecule has 0 unspecified atom stereocenters. The second-order valence-electron chi connectivity index (χ2n) is 7.38. The average Bonchev–Trinajstić information content (AvgIpc) is 3.13. The number of Topliss-reactive ketones (excluding diaryl/α,β-unsaturated/α-hetero) is 1. The number of carbonyl (C=O) groups is 1. The van der Waals surface area contributed by atoms with E-state index in [-0.39, 0.29) is 11.5 Å². The van der Waals surface area contributed by atoms with Crippen molar-refractivity contribution in [1.29, 1.82) is 0 Å². The van der Waals surface area contributed by atoms with Gasteiger partial charge in [0.15, 0.2) is 17.3 Å². The van der Waals surface area contributed by atoms with Crippen molar-refractivity contribution in [3.05, 3.63) is 81.6 Å². The monoisotopic (exact) mass is 466 g/mol. The van der Waals surface area contributed by atoms with E-state index in [1.807, 2.05) is 37.3 Å². The van der Waals surface area contributed by atoms with Gasteiger partial charge in [0.1, 0.15) is 23.9 Å². The van der Waals surface area contributed by atoms with Gasteiger partial charge in [0.25, 0.3) is 0 Å². The lowest BCUT2D eigenvalue weighted by atomic mass is 10.0. The van der Waals surface area contributed by atoms with Crippen molar-refractivity contribution >= 4 is 23.5 Å². The Bertz CT molecular complexity index is 1250. The summed E-state index contributed by atoms with van der Waals surface area (Å²) < 4.78 is 28.0. The number of allylic oxidation sites excluding steroid dienone is 1. The molecule has 0 atom stereocenters. The van der Waals surface area contributed by atoms with Crippen LogP contribution in [0, 0.1) is 6.92 Å². The maximum atomic E-state index is 13.1. The lowest BCUT2D eigenvalue weighted by Crippen LogP contribution is -2.01. The van der Waals surface area contributed by atoms with Gasteiger partial charge in [-0.1, -0.05) is 29.8 Å². The molecule has 7 heteroatoms. The Labute approximate surface area is 197 Å². The Kier molecular flexibility index (Phi) is 6.47. The first-order chi connectivity index (χ1) is 15.9. The molecule has 0 amide bonds. The van der Waals surface area contributed by atoms with Gasteiger partial charge in [-0.2, -0.15) is 0 Å². The minimum atomic E-state index is -0.211. The molecule has 1 aliphatic heterocycles. The van der Waals surface area contributed by atoms with Gasteiger partial charge in [-0.05, 0) is 36.8 Å². The summed E-state index contributed by atoms with van der Waals surface area (Å²) in [6.45, 7) is 2.15. The summed E-state index contributed by atoms with van der Waals surface area (Å²) in [5.74, 6) is 2.56. The topological polar surface area (TPSA) is 63.2 Å². The zero-order valence-corrected chi connectivity index (χ0v) is 19.5. The highest BCUT2D eigenvalue weighted by atomic mass is 35.5. The van der Waals surface area contributed by atoms with Crippen LogP contribution < -0.4 is 23.7 Å². The Hall–Kier alpha value is -3.64. The van der Waals surface area contributed by atoms with Gasteiger partial charge in [0.05, 0.1) is 26.9 Å². The third-order valence-corrected chi connectivity index (χ3v) is 5.69. The zero-order chi connectivity index (χ0) is 23.5. The third-order valence-electron chi connectivity index (χ3n) is 5.32. The van der Waals surface area contributed by atoms with E-state index < -0.39 is 0 Å². The van der Waals surface area contributed by atoms with E-state index >= 15 is 0 Å². The number of halogens is 1. The van der Waals surface area contributed by atoms with Crippen molar-refractivity contribution in [3.8, 4) is 28.7 Å². The minimum absolute atomic E-state index is 0.182. The minimum Gasteiger partial charge on any atom is -0.496 e. The summed E-state index contributed by atoms with van der Waals surface area (Å²) >= 11 is 6.21. The molecule has 0 N–H and O–H groups in total. The second-order valence-corrected chi connectivity index (χ2v) is 7.79. The Morgan fingerprint density at radius 3 is 2.33 bits per heavy atom. The van der Waals surface area contributed by atoms with E-state index in [1.165, 1.54) is 0 Å². The number of methoxy groups -OCH3 is 3. The molecule has 33 heavy (non-hydrogen) atoms. The van der Waals surface area contributed by atoms with Crippen LogP contribution >= 0.6 is 11.6 Å². The summed E-state index contributed by atoms with van der Waals surface area (Å²) in [7, 11) is 4.63. The van der Waals surface area contributed by atoms with Crippen LogP contribution in [-0.2, 0) is 6.61 Å². The van der Waals surface area contributed by atoms with Crippen LogP contribution in [0.2, 0.25) is 5.02 Å². The first-order valence-corrected chi connectivity index (χ1v) is 10.6. The van der Waals surface area contributed by atoms with E-state index in [0.717, 1.165) is 11.1 Å². The largest absolute Gasteiger partial charge is 0.496 e. The van der Waals surface area contributed by atoms with Crippen LogP contribution in [0.15, 0.2) is 54.3 Å². The molecule has 6 nitrogen and oxygen atoms in total. The quantitative estimate of drug-likeness (QED) is 0.406. The fourth-order valence-corrected chi connectivity index (χ4v) is 3.83. The van der Waals surface area contributed by atoms with Gasteiger partial charge >= 0.3 is 0 Å². The van der Waals surface area contributed by atoms with Gasteiger partial charge < -0.3 is 23.7 Å². The molecule has 170 valence electrons. The Morgan fingerprint density at radius 1 is 0.939 bits per heavy atom. The normalized spacial score (nSPS) is 13.5. The molecule has 0 fully saturated rings. The Morgan fingerprint density at radius 2 is 1.64 bits per heavy atom. The van der Waals surface area contributed by atoms with Crippen LogP contribution in [0.4, 0.5) is 0 Å². The summed E-state index contributed by atoms with van der Waals surface area (Å²) in [6.07, 6.45) is 1.63. The third kappa shape index (κ3) is 4.47. The summed E-state index contributed by atoms with van der Waals surface area (Å²) in [4.78, 5) is 13.1. The molecule has 1 heterocycles. The van der Waals surface area contributed by atoms with Gasteiger partial charge in [-0.15, -0.1) is 0 Å². The molecule has 0 radical (unpaired) electrons. The number of ketones is 1. The number of carbonyl (C=O) groups excluding carboxylic acids is 1. The van der Waals surface area contributed by atoms with Gasteiger partial charge in [-0.3, -0.25) is 4.79 Å². The van der Waals surface area contributed by atoms with Crippen molar-refractivity contribution in [2.24, 2.45) is 0 Å². The van der Waals surface area contributed by atoms with Gasteiger partial charge in [-0.25, -0.2) is 0 Å². The number of aryl methyl sites for hydroxylation is 1. The fraction of sp³-hybridized carbons (Fsp3) is 0.192. The van der Waals surface area contributed by atoms with E-state index in [2.05, 4.69) is 0 Å². The molecule has 0 saturated carbocycles. The van der Waals surface area contributed by atoms with Crippen molar-refractivity contribution in [1.82, 2.24) is 0 Å². The van der Waals surface area contributed by atoms with E-state index in [4.69, 9.17) is 35.3 Å². The Balaban J connectivity index is 1.63. The number of hydrogen-bond acceptors (Lipinski definition) is 6. The molecule has 4 rings (SSSR count). The highest BCUT2D eigenvalue weighted by molar-refractivity contribution is 6.31. The second kappa shape index (κ2) is 9.46. The predicted molar refractivity (Wildman–Crippen MR) is 126 cm³/mol. The smallest absolute Gasteiger partial charge is 0.232 e. The zero-order valence-electron chi connectivity index (χ0n) is 18.7. The first-order valence-electron chi connectivity index (χ1n) is 10.2. The first kappa shape index (κ1) is 22.6.